The Morgan fingerprint density at radius 1 is 1.36 bits per heavy atom. The Labute approximate surface area is 82.8 Å². The number of carbonyl (C=O) groups is 1. The van der Waals surface area contributed by atoms with Crippen molar-refractivity contribution in [2.75, 3.05) is 13.9 Å². The van der Waals surface area contributed by atoms with Gasteiger partial charge in [0.2, 0.25) is 0 Å². The van der Waals surface area contributed by atoms with Crippen LogP contribution in [-0.2, 0) is 9.57 Å². The first-order valence-electron chi connectivity index (χ1n) is 4.22. The fourth-order valence-corrected chi connectivity index (χ4v) is 0.918. The van der Waals surface area contributed by atoms with Crippen molar-refractivity contribution in [2.45, 2.75) is 6.92 Å². The summed E-state index contributed by atoms with van der Waals surface area (Å²) in [5, 5.41) is 0. The van der Waals surface area contributed by atoms with E-state index in [0.717, 1.165) is 5.56 Å². The van der Waals surface area contributed by atoms with Gasteiger partial charge in [-0.15, -0.1) is 0 Å². The van der Waals surface area contributed by atoms with E-state index in [1.54, 1.807) is 12.1 Å². The first kappa shape index (κ1) is 10.7. The van der Waals surface area contributed by atoms with Gasteiger partial charge in [0.25, 0.3) is 5.91 Å². The number of rotatable bonds is 4. The van der Waals surface area contributed by atoms with Gasteiger partial charge in [0.05, 0.1) is 0 Å². The van der Waals surface area contributed by atoms with Crippen molar-refractivity contribution in [1.29, 1.82) is 0 Å². The van der Waals surface area contributed by atoms with Crippen LogP contribution in [0.5, 0.6) is 0 Å². The van der Waals surface area contributed by atoms with Crippen molar-refractivity contribution >= 4 is 5.91 Å². The minimum Gasteiger partial charge on any atom is -0.356 e. The molecule has 0 heterocycles. The lowest BCUT2D eigenvalue weighted by Crippen LogP contribution is -2.24. The van der Waals surface area contributed by atoms with Crippen LogP contribution in [0.3, 0.4) is 0 Å². The highest BCUT2D eigenvalue weighted by Crippen LogP contribution is 2.02. The number of benzene rings is 1. The van der Waals surface area contributed by atoms with Gasteiger partial charge >= 0.3 is 0 Å². The van der Waals surface area contributed by atoms with Crippen LogP contribution in [0.2, 0.25) is 0 Å². The maximum Gasteiger partial charge on any atom is 0.274 e. The van der Waals surface area contributed by atoms with Crippen molar-refractivity contribution in [3.05, 3.63) is 35.4 Å². The SMILES string of the molecule is COCONC(=O)c1ccc(C)cc1. The average Bonchev–Trinajstić information content (AvgIpc) is 2.19. The van der Waals surface area contributed by atoms with E-state index in [4.69, 9.17) is 4.84 Å². The summed E-state index contributed by atoms with van der Waals surface area (Å²) in [5.74, 6) is -0.276. The normalized spacial score (nSPS) is 9.86. The highest BCUT2D eigenvalue weighted by atomic mass is 16.8. The summed E-state index contributed by atoms with van der Waals surface area (Å²) in [6.45, 7) is 2.00. The first-order valence-corrected chi connectivity index (χ1v) is 4.22. The van der Waals surface area contributed by atoms with E-state index in [-0.39, 0.29) is 12.7 Å². The third-order valence-electron chi connectivity index (χ3n) is 1.66. The molecule has 1 aromatic carbocycles. The molecule has 0 saturated carbocycles. The number of hydrogen-bond acceptors (Lipinski definition) is 3. The van der Waals surface area contributed by atoms with E-state index >= 15 is 0 Å². The fourth-order valence-electron chi connectivity index (χ4n) is 0.918. The Morgan fingerprint density at radius 3 is 2.57 bits per heavy atom. The zero-order valence-corrected chi connectivity index (χ0v) is 8.24. The third-order valence-corrected chi connectivity index (χ3v) is 1.66. The van der Waals surface area contributed by atoms with Crippen molar-refractivity contribution in [1.82, 2.24) is 5.48 Å². The molecule has 0 saturated heterocycles. The van der Waals surface area contributed by atoms with Crippen molar-refractivity contribution in [2.24, 2.45) is 0 Å². The summed E-state index contributed by atoms with van der Waals surface area (Å²) >= 11 is 0. The van der Waals surface area contributed by atoms with E-state index < -0.39 is 0 Å². The van der Waals surface area contributed by atoms with Gasteiger partial charge in [-0.3, -0.25) is 4.79 Å². The topological polar surface area (TPSA) is 47.6 Å². The number of nitrogens with one attached hydrogen (secondary N) is 1. The molecule has 1 N–H and O–H groups in total. The van der Waals surface area contributed by atoms with Crippen LogP contribution >= 0.6 is 0 Å². The lowest BCUT2D eigenvalue weighted by Gasteiger charge is -2.04. The maximum absolute atomic E-state index is 11.3. The van der Waals surface area contributed by atoms with Crippen molar-refractivity contribution < 1.29 is 14.4 Å². The predicted octanol–water partition coefficient (Wildman–Crippen LogP) is 1.26. The highest BCUT2D eigenvalue weighted by Gasteiger charge is 2.03. The van der Waals surface area contributed by atoms with Gasteiger partial charge in [-0.2, -0.15) is 0 Å². The monoisotopic (exact) mass is 195 g/mol. The molecule has 1 amide bonds. The summed E-state index contributed by atoms with van der Waals surface area (Å²) in [6.07, 6.45) is 0. The maximum atomic E-state index is 11.3. The second-order valence-electron chi connectivity index (χ2n) is 2.85. The molecule has 0 aliphatic carbocycles. The molecule has 1 aromatic rings. The van der Waals surface area contributed by atoms with E-state index in [9.17, 15) is 4.79 Å². The second kappa shape index (κ2) is 5.36. The number of carbonyl (C=O) groups excluding carboxylic acids is 1. The van der Waals surface area contributed by atoms with Gasteiger partial charge in [0.15, 0.2) is 6.79 Å². The molecule has 0 aliphatic rings. The van der Waals surface area contributed by atoms with Crippen LogP contribution in [-0.4, -0.2) is 19.8 Å². The van der Waals surface area contributed by atoms with Gasteiger partial charge < -0.3 is 4.74 Å². The standard InChI is InChI=1S/C10H13NO3/c1-8-3-5-9(6-4-8)10(12)11-14-7-13-2/h3-6H,7H2,1-2H3,(H,11,12). The minimum atomic E-state index is -0.276. The largest absolute Gasteiger partial charge is 0.356 e. The molecule has 0 unspecified atom stereocenters. The Hall–Kier alpha value is -1.39. The lowest BCUT2D eigenvalue weighted by molar-refractivity contribution is -0.0704. The van der Waals surface area contributed by atoms with Crippen LogP contribution in [0.25, 0.3) is 0 Å². The zero-order chi connectivity index (χ0) is 10.4. The number of amides is 1. The molecule has 0 aliphatic heterocycles. The van der Waals surface area contributed by atoms with E-state index in [2.05, 4.69) is 10.2 Å². The molecular formula is C10H13NO3. The quantitative estimate of drug-likeness (QED) is 0.447. The zero-order valence-electron chi connectivity index (χ0n) is 8.24. The van der Waals surface area contributed by atoms with Gasteiger partial charge in [0.1, 0.15) is 0 Å². The van der Waals surface area contributed by atoms with E-state index in [1.807, 2.05) is 19.1 Å². The lowest BCUT2D eigenvalue weighted by atomic mass is 10.1. The molecular weight excluding hydrogens is 182 g/mol. The smallest absolute Gasteiger partial charge is 0.274 e. The first-order chi connectivity index (χ1) is 6.74. The average molecular weight is 195 g/mol. The van der Waals surface area contributed by atoms with Crippen LogP contribution in [0.4, 0.5) is 0 Å². The summed E-state index contributed by atoms with van der Waals surface area (Å²) in [4.78, 5) is 16.0. The fraction of sp³-hybridized carbons (Fsp3) is 0.300. The van der Waals surface area contributed by atoms with Crippen molar-refractivity contribution in [3.63, 3.8) is 0 Å². The Bertz CT molecular complexity index is 295. The van der Waals surface area contributed by atoms with E-state index in [1.165, 1.54) is 7.11 Å². The highest BCUT2D eigenvalue weighted by molar-refractivity contribution is 5.93. The Balaban J connectivity index is 2.48. The number of methoxy groups -OCH3 is 1. The number of ether oxygens (including phenoxy) is 1. The minimum absolute atomic E-state index is 0.0393. The molecule has 0 fully saturated rings. The van der Waals surface area contributed by atoms with Crippen LogP contribution in [0.15, 0.2) is 24.3 Å². The van der Waals surface area contributed by atoms with Gasteiger partial charge in [-0.05, 0) is 19.1 Å². The number of aryl methyl sites for hydroxylation is 1. The van der Waals surface area contributed by atoms with E-state index in [0.29, 0.717) is 5.56 Å². The Morgan fingerprint density at radius 2 is 2.00 bits per heavy atom. The third kappa shape index (κ3) is 3.16. The van der Waals surface area contributed by atoms with Crippen LogP contribution < -0.4 is 5.48 Å². The second-order valence-corrected chi connectivity index (χ2v) is 2.85. The summed E-state index contributed by atoms with van der Waals surface area (Å²) < 4.78 is 4.61. The summed E-state index contributed by atoms with van der Waals surface area (Å²) in [7, 11) is 1.48. The van der Waals surface area contributed by atoms with Gasteiger partial charge in [-0.25, -0.2) is 10.3 Å². The van der Waals surface area contributed by atoms with Gasteiger partial charge in [-0.1, -0.05) is 17.7 Å². The van der Waals surface area contributed by atoms with Crippen molar-refractivity contribution in [3.8, 4) is 0 Å². The summed E-state index contributed by atoms with van der Waals surface area (Å²) in [5.41, 5.74) is 3.93. The van der Waals surface area contributed by atoms with Crippen LogP contribution in [0.1, 0.15) is 15.9 Å². The molecule has 0 bridgehead atoms. The number of hydrogen-bond donors (Lipinski definition) is 1. The molecule has 4 heteroatoms. The number of hydroxylamine groups is 1. The van der Waals surface area contributed by atoms with Crippen LogP contribution in [0, 0.1) is 6.92 Å². The summed E-state index contributed by atoms with van der Waals surface area (Å²) in [6, 6.07) is 7.21. The molecule has 76 valence electrons. The molecule has 0 radical (unpaired) electrons. The van der Waals surface area contributed by atoms with Gasteiger partial charge in [0, 0.05) is 12.7 Å². The molecule has 4 nitrogen and oxygen atoms in total. The molecule has 0 atom stereocenters. The Kier molecular flexibility index (Phi) is 4.10. The predicted molar refractivity (Wildman–Crippen MR) is 51.6 cm³/mol. The molecule has 0 aromatic heterocycles. The molecule has 14 heavy (non-hydrogen) atoms. The molecule has 1 rings (SSSR count). The molecule has 0 spiro atoms.